The Bertz CT molecular complexity index is 1010. The summed E-state index contributed by atoms with van der Waals surface area (Å²) in [4.78, 5) is 19.0. The van der Waals surface area contributed by atoms with Crippen LogP contribution in [0, 0.1) is 0 Å². The van der Waals surface area contributed by atoms with Crippen LogP contribution in [0.4, 0.5) is 0 Å². The topological polar surface area (TPSA) is 52.8 Å². The first-order valence-electron chi connectivity index (χ1n) is 9.23. The fraction of sp³-hybridized carbons (Fsp3) is 0.333. The monoisotopic (exact) mass is 416 g/mol. The first-order valence-corrected chi connectivity index (χ1v) is 11.0. The Morgan fingerprint density at radius 2 is 1.96 bits per heavy atom. The van der Waals surface area contributed by atoms with Crippen molar-refractivity contribution in [3.8, 4) is 5.75 Å². The summed E-state index contributed by atoms with van der Waals surface area (Å²) in [5.74, 6) is 1.55. The molecular formula is C21H24N2O3S2. The number of hydrogen-bond acceptors (Lipinski definition) is 5. The summed E-state index contributed by atoms with van der Waals surface area (Å²) >= 11 is 3.23. The van der Waals surface area contributed by atoms with Gasteiger partial charge in [-0.3, -0.25) is 4.79 Å². The molecule has 0 atom stereocenters. The number of thioether (sulfide) groups is 1. The van der Waals surface area contributed by atoms with Crippen molar-refractivity contribution in [3.05, 3.63) is 52.8 Å². The third kappa shape index (κ3) is 4.84. The van der Waals surface area contributed by atoms with Crippen molar-refractivity contribution in [2.75, 3.05) is 26.1 Å². The zero-order chi connectivity index (χ0) is 19.9. The number of fused-ring (bicyclic) bond motifs is 1. The van der Waals surface area contributed by atoms with E-state index >= 15 is 0 Å². The molecule has 0 bridgehead atoms. The predicted molar refractivity (Wildman–Crippen MR) is 116 cm³/mol. The highest BCUT2D eigenvalue weighted by atomic mass is 32.2. The highest BCUT2D eigenvalue weighted by molar-refractivity contribution is 7.99. The van der Waals surface area contributed by atoms with Crippen LogP contribution < -0.4 is 9.54 Å². The van der Waals surface area contributed by atoms with E-state index in [1.165, 1.54) is 11.3 Å². The van der Waals surface area contributed by atoms with Crippen molar-refractivity contribution in [1.82, 2.24) is 4.57 Å². The summed E-state index contributed by atoms with van der Waals surface area (Å²) in [6.45, 7) is 5.94. The molecule has 1 aromatic heterocycles. The molecule has 148 valence electrons. The lowest BCUT2D eigenvalue weighted by molar-refractivity contribution is 0.0996. The summed E-state index contributed by atoms with van der Waals surface area (Å²) in [6, 6.07) is 13.5. The van der Waals surface area contributed by atoms with Gasteiger partial charge in [0.25, 0.3) is 5.91 Å². The number of thiazole rings is 1. The Balaban J connectivity index is 1.98. The lowest BCUT2D eigenvalue weighted by Crippen LogP contribution is -2.19. The average molecular weight is 417 g/mol. The Morgan fingerprint density at radius 1 is 1.18 bits per heavy atom. The Hall–Kier alpha value is -2.09. The molecule has 0 N–H and O–H groups in total. The van der Waals surface area contributed by atoms with Gasteiger partial charge in [-0.25, -0.2) is 0 Å². The van der Waals surface area contributed by atoms with E-state index in [0.717, 1.165) is 26.6 Å². The summed E-state index contributed by atoms with van der Waals surface area (Å²) in [5, 5.41) is 0. The molecule has 0 aliphatic carbocycles. The van der Waals surface area contributed by atoms with Gasteiger partial charge in [-0.2, -0.15) is 4.99 Å². The Kier molecular flexibility index (Phi) is 7.30. The molecule has 3 rings (SSSR count). The molecule has 0 aliphatic heterocycles. The molecule has 1 heterocycles. The van der Waals surface area contributed by atoms with Gasteiger partial charge in [0.2, 0.25) is 0 Å². The van der Waals surface area contributed by atoms with Crippen LogP contribution in [-0.4, -0.2) is 36.6 Å². The molecule has 7 heteroatoms. The lowest BCUT2D eigenvalue weighted by Gasteiger charge is -2.06. The number of carbonyl (C=O) groups is 1. The first kappa shape index (κ1) is 20.6. The van der Waals surface area contributed by atoms with E-state index in [2.05, 4.69) is 11.9 Å². The van der Waals surface area contributed by atoms with Crippen LogP contribution in [0.2, 0.25) is 0 Å². The molecule has 0 radical (unpaired) electrons. The number of aromatic nitrogens is 1. The van der Waals surface area contributed by atoms with Crippen LogP contribution in [0.25, 0.3) is 10.2 Å². The van der Waals surface area contributed by atoms with Crippen LogP contribution in [0.5, 0.6) is 5.75 Å². The lowest BCUT2D eigenvalue weighted by atomic mass is 10.2. The van der Waals surface area contributed by atoms with Crippen LogP contribution in [0.1, 0.15) is 24.2 Å². The molecular weight excluding hydrogens is 392 g/mol. The van der Waals surface area contributed by atoms with Gasteiger partial charge in [0, 0.05) is 23.6 Å². The van der Waals surface area contributed by atoms with Gasteiger partial charge in [0.05, 0.1) is 23.9 Å². The van der Waals surface area contributed by atoms with Crippen molar-refractivity contribution in [1.29, 1.82) is 0 Å². The van der Waals surface area contributed by atoms with Gasteiger partial charge in [0.1, 0.15) is 5.75 Å². The highest BCUT2D eigenvalue weighted by Gasteiger charge is 2.10. The maximum Gasteiger partial charge on any atom is 0.279 e. The van der Waals surface area contributed by atoms with E-state index in [1.807, 2.05) is 54.0 Å². The van der Waals surface area contributed by atoms with Crippen LogP contribution in [0.15, 0.2) is 52.4 Å². The van der Waals surface area contributed by atoms with Gasteiger partial charge < -0.3 is 14.0 Å². The predicted octanol–water partition coefficient (Wildman–Crippen LogP) is 4.60. The zero-order valence-electron chi connectivity index (χ0n) is 16.3. The van der Waals surface area contributed by atoms with E-state index in [1.54, 1.807) is 18.9 Å². The standard InChI is InChI=1S/C21H24N2O3S2/c1-4-26-13-12-23-18-11-8-16(25-3)14-19(18)28-21(23)22-20(24)15-6-9-17(10-7-15)27-5-2/h6-11,14H,4-5,12-13H2,1-3H3. The zero-order valence-corrected chi connectivity index (χ0v) is 17.9. The number of nitrogens with zero attached hydrogens (tertiary/aromatic N) is 2. The molecule has 0 fully saturated rings. The summed E-state index contributed by atoms with van der Waals surface area (Å²) in [7, 11) is 1.65. The Labute approximate surface area is 173 Å². The number of ether oxygens (including phenoxy) is 2. The van der Waals surface area contributed by atoms with Crippen molar-refractivity contribution < 1.29 is 14.3 Å². The molecule has 0 spiro atoms. The maximum absolute atomic E-state index is 12.7. The number of amides is 1. The third-order valence-electron chi connectivity index (χ3n) is 4.16. The highest BCUT2D eigenvalue weighted by Crippen LogP contribution is 2.23. The fourth-order valence-electron chi connectivity index (χ4n) is 2.79. The van der Waals surface area contributed by atoms with Crippen LogP contribution in [0.3, 0.4) is 0 Å². The van der Waals surface area contributed by atoms with E-state index in [9.17, 15) is 4.79 Å². The summed E-state index contributed by atoms with van der Waals surface area (Å²) < 4.78 is 13.9. The van der Waals surface area contributed by atoms with Crippen molar-refractivity contribution in [2.45, 2.75) is 25.3 Å². The molecule has 0 saturated heterocycles. The minimum atomic E-state index is -0.239. The number of carbonyl (C=O) groups excluding carboxylic acids is 1. The minimum absolute atomic E-state index is 0.239. The maximum atomic E-state index is 12.7. The molecule has 28 heavy (non-hydrogen) atoms. The molecule has 0 aliphatic rings. The molecule has 3 aromatic rings. The summed E-state index contributed by atoms with van der Waals surface area (Å²) in [6.07, 6.45) is 0. The first-order chi connectivity index (χ1) is 13.7. The Morgan fingerprint density at radius 3 is 2.64 bits per heavy atom. The number of methoxy groups -OCH3 is 1. The number of hydrogen-bond donors (Lipinski definition) is 0. The minimum Gasteiger partial charge on any atom is -0.497 e. The molecule has 2 aromatic carbocycles. The molecule has 5 nitrogen and oxygen atoms in total. The van der Waals surface area contributed by atoms with Crippen molar-refractivity contribution >= 4 is 39.2 Å². The second-order valence-corrected chi connectivity index (χ2v) is 8.29. The quantitative estimate of drug-likeness (QED) is 0.398. The van der Waals surface area contributed by atoms with Crippen molar-refractivity contribution in [2.24, 2.45) is 4.99 Å². The summed E-state index contributed by atoms with van der Waals surface area (Å²) in [5.41, 5.74) is 1.61. The fourth-order valence-corrected chi connectivity index (χ4v) is 4.54. The van der Waals surface area contributed by atoms with E-state index in [-0.39, 0.29) is 5.91 Å². The van der Waals surface area contributed by atoms with E-state index in [0.29, 0.717) is 30.1 Å². The normalized spacial score (nSPS) is 11.9. The third-order valence-corrected chi connectivity index (χ3v) is 6.10. The van der Waals surface area contributed by atoms with E-state index in [4.69, 9.17) is 9.47 Å². The SMILES string of the molecule is CCOCCn1c(=NC(=O)c2ccc(SCC)cc2)sc2cc(OC)ccc21. The largest absolute Gasteiger partial charge is 0.497 e. The van der Waals surface area contributed by atoms with Gasteiger partial charge in [0.15, 0.2) is 4.80 Å². The van der Waals surface area contributed by atoms with Gasteiger partial charge >= 0.3 is 0 Å². The second-order valence-electron chi connectivity index (χ2n) is 5.94. The van der Waals surface area contributed by atoms with Gasteiger partial charge in [-0.1, -0.05) is 18.3 Å². The number of rotatable bonds is 8. The van der Waals surface area contributed by atoms with Gasteiger partial charge in [-0.15, -0.1) is 11.8 Å². The van der Waals surface area contributed by atoms with Crippen molar-refractivity contribution in [3.63, 3.8) is 0 Å². The smallest absolute Gasteiger partial charge is 0.279 e. The molecule has 1 amide bonds. The molecule has 0 saturated carbocycles. The number of benzene rings is 2. The van der Waals surface area contributed by atoms with Gasteiger partial charge in [-0.05, 0) is 55.1 Å². The average Bonchev–Trinajstić information content (AvgIpc) is 3.05. The second kappa shape index (κ2) is 9.91. The molecule has 0 unspecified atom stereocenters. The van der Waals surface area contributed by atoms with Crippen LogP contribution in [-0.2, 0) is 11.3 Å². The van der Waals surface area contributed by atoms with E-state index < -0.39 is 0 Å². The van der Waals surface area contributed by atoms with Crippen LogP contribution >= 0.6 is 23.1 Å².